The molecule has 1 saturated heterocycles. The zero-order valence-corrected chi connectivity index (χ0v) is 10.4. The molecule has 5 heteroatoms. The SMILES string of the molecule is O=Cc1c(N2CCCCCC2)nc2sccn12. The van der Waals surface area contributed by atoms with Gasteiger partial charge in [0, 0.05) is 24.7 Å². The van der Waals surface area contributed by atoms with Crippen molar-refractivity contribution in [2.24, 2.45) is 0 Å². The largest absolute Gasteiger partial charge is 0.355 e. The van der Waals surface area contributed by atoms with Gasteiger partial charge in [-0.25, -0.2) is 4.98 Å². The highest BCUT2D eigenvalue weighted by Gasteiger charge is 2.19. The van der Waals surface area contributed by atoms with Gasteiger partial charge < -0.3 is 4.90 Å². The number of anilines is 1. The molecule has 17 heavy (non-hydrogen) atoms. The van der Waals surface area contributed by atoms with Crippen LogP contribution in [0.15, 0.2) is 11.6 Å². The number of imidazole rings is 1. The van der Waals surface area contributed by atoms with Gasteiger partial charge in [-0.3, -0.25) is 9.20 Å². The molecule has 0 amide bonds. The lowest BCUT2D eigenvalue weighted by molar-refractivity contribution is 0.111. The topological polar surface area (TPSA) is 37.6 Å². The van der Waals surface area contributed by atoms with Gasteiger partial charge in [0.25, 0.3) is 0 Å². The molecule has 4 nitrogen and oxygen atoms in total. The van der Waals surface area contributed by atoms with Gasteiger partial charge >= 0.3 is 0 Å². The van der Waals surface area contributed by atoms with Crippen LogP contribution in [0.4, 0.5) is 5.82 Å². The summed E-state index contributed by atoms with van der Waals surface area (Å²) in [5.41, 5.74) is 0.697. The van der Waals surface area contributed by atoms with E-state index in [4.69, 9.17) is 0 Å². The Balaban J connectivity index is 2.02. The molecule has 1 aliphatic heterocycles. The molecule has 0 unspecified atom stereocenters. The van der Waals surface area contributed by atoms with E-state index in [-0.39, 0.29) is 0 Å². The van der Waals surface area contributed by atoms with Crippen molar-refractivity contribution < 1.29 is 4.79 Å². The lowest BCUT2D eigenvalue weighted by atomic mass is 10.2. The van der Waals surface area contributed by atoms with Crippen molar-refractivity contribution in [3.63, 3.8) is 0 Å². The van der Waals surface area contributed by atoms with E-state index in [0.29, 0.717) is 5.69 Å². The van der Waals surface area contributed by atoms with Gasteiger partial charge in [0.2, 0.25) is 0 Å². The summed E-state index contributed by atoms with van der Waals surface area (Å²) in [7, 11) is 0. The van der Waals surface area contributed by atoms with E-state index in [1.807, 2.05) is 16.0 Å². The summed E-state index contributed by atoms with van der Waals surface area (Å²) in [6.45, 7) is 2.04. The third-order valence-corrected chi connectivity index (χ3v) is 4.05. The second kappa shape index (κ2) is 4.49. The van der Waals surface area contributed by atoms with Crippen LogP contribution in [-0.2, 0) is 0 Å². The van der Waals surface area contributed by atoms with Crippen LogP contribution in [0.25, 0.3) is 4.96 Å². The number of thiazole rings is 1. The van der Waals surface area contributed by atoms with Gasteiger partial charge in [0.15, 0.2) is 17.1 Å². The maximum atomic E-state index is 11.2. The molecule has 3 heterocycles. The number of carbonyl (C=O) groups is 1. The zero-order chi connectivity index (χ0) is 11.7. The van der Waals surface area contributed by atoms with Gasteiger partial charge in [0.1, 0.15) is 5.69 Å². The lowest BCUT2D eigenvalue weighted by Gasteiger charge is -2.20. The average molecular weight is 249 g/mol. The molecule has 0 N–H and O–H groups in total. The molecular weight excluding hydrogens is 234 g/mol. The Hall–Kier alpha value is -1.36. The third-order valence-electron chi connectivity index (χ3n) is 3.30. The van der Waals surface area contributed by atoms with E-state index in [1.54, 1.807) is 11.3 Å². The minimum absolute atomic E-state index is 0.697. The second-order valence-electron chi connectivity index (χ2n) is 4.40. The van der Waals surface area contributed by atoms with Crippen molar-refractivity contribution >= 4 is 28.4 Å². The molecule has 0 bridgehead atoms. The summed E-state index contributed by atoms with van der Waals surface area (Å²) in [6, 6.07) is 0. The Bertz CT molecular complexity index is 523. The van der Waals surface area contributed by atoms with Crippen molar-refractivity contribution in [3.05, 3.63) is 17.3 Å². The number of aromatic nitrogens is 2. The van der Waals surface area contributed by atoms with Crippen molar-refractivity contribution in [2.45, 2.75) is 25.7 Å². The zero-order valence-electron chi connectivity index (χ0n) is 9.63. The quantitative estimate of drug-likeness (QED) is 0.768. The summed E-state index contributed by atoms with van der Waals surface area (Å²) >= 11 is 1.57. The highest BCUT2D eigenvalue weighted by molar-refractivity contribution is 7.15. The molecule has 2 aromatic rings. The maximum Gasteiger partial charge on any atom is 0.196 e. The minimum atomic E-state index is 0.697. The first-order chi connectivity index (χ1) is 8.40. The Morgan fingerprint density at radius 1 is 1.24 bits per heavy atom. The smallest absolute Gasteiger partial charge is 0.196 e. The first kappa shape index (κ1) is 10.8. The van der Waals surface area contributed by atoms with Crippen LogP contribution in [0.2, 0.25) is 0 Å². The van der Waals surface area contributed by atoms with Gasteiger partial charge in [0.05, 0.1) is 0 Å². The number of hydrogen-bond acceptors (Lipinski definition) is 4. The number of aldehydes is 1. The molecular formula is C12H15N3OS. The molecule has 1 aliphatic rings. The fourth-order valence-corrected chi connectivity index (χ4v) is 3.13. The van der Waals surface area contributed by atoms with Crippen molar-refractivity contribution in [3.8, 4) is 0 Å². The molecule has 0 aliphatic carbocycles. The Labute approximate surface area is 104 Å². The van der Waals surface area contributed by atoms with Gasteiger partial charge in [-0.2, -0.15) is 0 Å². The number of rotatable bonds is 2. The van der Waals surface area contributed by atoms with Crippen LogP contribution in [0.1, 0.15) is 36.2 Å². The minimum Gasteiger partial charge on any atom is -0.355 e. The number of fused-ring (bicyclic) bond motifs is 1. The molecule has 2 aromatic heterocycles. The predicted octanol–water partition coefficient (Wildman–Crippen LogP) is 2.59. The van der Waals surface area contributed by atoms with Crippen molar-refractivity contribution in [2.75, 3.05) is 18.0 Å². The molecule has 0 saturated carbocycles. The maximum absolute atomic E-state index is 11.2. The van der Waals surface area contributed by atoms with Crippen molar-refractivity contribution in [1.82, 2.24) is 9.38 Å². The van der Waals surface area contributed by atoms with E-state index in [0.717, 1.165) is 30.2 Å². The monoisotopic (exact) mass is 249 g/mol. The van der Waals surface area contributed by atoms with E-state index in [9.17, 15) is 4.79 Å². The van der Waals surface area contributed by atoms with Crippen LogP contribution >= 0.6 is 11.3 Å². The van der Waals surface area contributed by atoms with E-state index in [1.165, 1.54) is 25.7 Å². The molecule has 1 fully saturated rings. The van der Waals surface area contributed by atoms with Gasteiger partial charge in [-0.05, 0) is 12.8 Å². The van der Waals surface area contributed by atoms with Crippen LogP contribution in [0.3, 0.4) is 0 Å². The molecule has 3 rings (SSSR count). The Morgan fingerprint density at radius 2 is 2.00 bits per heavy atom. The third kappa shape index (κ3) is 1.84. The Kier molecular flexibility index (Phi) is 2.84. The van der Waals surface area contributed by atoms with E-state index < -0.39 is 0 Å². The number of hydrogen-bond donors (Lipinski definition) is 0. The summed E-state index contributed by atoms with van der Waals surface area (Å²) < 4.78 is 1.89. The summed E-state index contributed by atoms with van der Waals surface area (Å²) in [5, 5.41) is 1.96. The van der Waals surface area contributed by atoms with Crippen LogP contribution in [0.5, 0.6) is 0 Å². The van der Waals surface area contributed by atoms with E-state index in [2.05, 4.69) is 9.88 Å². The summed E-state index contributed by atoms with van der Waals surface area (Å²) in [5.74, 6) is 0.869. The molecule has 90 valence electrons. The number of nitrogens with zero attached hydrogens (tertiary/aromatic N) is 3. The van der Waals surface area contributed by atoms with E-state index >= 15 is 0 Å². The average Bonchev–Trinajstić information content (AvgIpc) is 2.80. The Morgan fingerprint density at radius 3 is 2.71 bits per heavy atom. The lowest BCUT2D eigenvalue weighted by Crippen LogP contribution is -2.25. The summed E-state index contributed by atoms with van der Waals surface area (Å²) in [6.07, 6.45) is 7.81. The van der Waals surface area contributed by atoms with Crippen LogP contribution in [-0.4, -0.2) is 28.8 Å². The first-order valence-corrected chi connectivity index (χ1v) is 6.94. The number of carbonyl (C=O) groups excluding carboxylic acids is 1. The standard InChI is InChI=1S/C12H15N3OS/c16-9-10-11(13-12-15(10)7-8-17-12)14-5-3-1-2-4-6-14/h7-9H,1-6H2. The molecule has 0 atom stereocenters. The second-order valence-corrected chi connectivity index (χ2v) is 5.27. The molecule has 0 spiro atoms. The van der Waals surface area contributed by atoms with Gasteiger partial charge in [-0.1, -0.05) is 12.8 Å². The first-order valence-electron chi connectivity index (χ1n) is 6.06. The normalized spacial score (nSPS) is 17.3. The fourth-order valence-electron chi connectivity index (χ4n) is 2.42. The predicted molar refractivity (Wildman–Crippen MR) is 69.1 cm³/mol. The van der Waals surface area contributed by atoms with Crippen molar-refractivity contribution in [1.29, 1.82) is 0 Å². The fraction of sp³-hybridized carbons (Fsp3) is 0.500. The van der Waals surface area contributed by atoms with Gasteiger partial charge in [-0.15, -0.1) is 11.3 Å². The summed E-state index contributed by atoms with van der Waals surface area (Å²) in [4.78, 5) is 19.0. The highest BCUT2D eigenvalue weighted by Crippen LogP contribution is 2.25. The van der Waals surface area contributed by atoms with Crippen LogP contribution in [0, 0.1) is 0 Å². The molecule has 0 radical (unpaired) electrons. The highest BCUT2D eigenvalue weighted by atomic mass is 32.1. The van der Waals surface area contributed by atoms with Crippen LogP contribution < -0.4 is 4.90 Å². The molecule has 0 aromatic carbocycles.